The number of ether oxygens (including phenoxy) is 6. The number of rotatable bonds is 17. The largest absolute Gasteiger partial charge is 0.371 e. The van der Waals surface area contributed by atoms with Crippen LogP contribution in [0.1, 0.15) is 28.7 Å². The first-order chi connectivity index (χ1) is 22.7. The molecule has 9 heteroatoms. The molecule has 9 nitrogen and oxygen atoms in total. The van der Waals surface area contributed by atoms with Crippen molar-refractivity contribution in [2.75, 3.05) is 13.7 Å². The third-order valence-corrected chi connectivity index (χ3v) is 7.87. The number of benzene rings is 4. The van der Waals surface area contributed by atoms with Crippen LogP contribution >= 0.6 is 0 Å². The molecular formula is C37H41N3O6. The molecule has 4 aromatic rings. The highest BCUT2D eigenvalue weighted by Gasteiger charge is 2.51. The zero-order valence-corrected chi connectivity index (χ0v) is 26.0. The van der Waals surface area contributed by atoms with E-state index >= 15 is 0 Å². The van der Waals surface area contributed by atoms with Gasteiger partial charge >= 0.3 is 0 Å². The van der Waals surface area contributed by atoms with E-state index in [1.807, 2.05) is 121 Å². The maximum Gasteiger partial charge on any atom is 0.186 e. The van der Waals surface area contributed by atoms with Gasteiger partial charge in [-0.05, 0) is 34.2 Å². The summed E-state index contributed by atoms with van der Waals surface area (Å²) in [5, 5.41) is 3.81. The van der Waals surface area contributed by atoms with Gasteiger partial charge in [-0.1, -0.05) is 126 Å². The topological polar surface area (TPSA) is 104 Å². The average Bonchev–Trinajstić information content (AvgIpc) is 3.12. The highest BCUT2D eigenvalue weighted by Crippen LogP contribution is 2.34. The molecule has 0 aliphatic carbocycles. The monoisotopic (exact) mass is 623 g/mol. The van der Waals surface area contributed by atoms with Crippen molar-refractivity contribution >= 4 is 0 Å². The van der Waals surface area contributed by atoms with E-state index in [1.165, 1.54) is 0 Å². The van der Waals surface area contributed by atoms with Crippen LogP contribution < -0.4 is 0 Å². The number of hydrogen-bond donors (Lipinski definition) is 0. The molecule has 0 N–H and O–H groups in total. The van der Waals surface area contributed by atoms with E-state index in [-0.39, 0.29) is 6.54 Å². The molecule has 6 atom stereocenters. The average molecular weight is 624 g/mol. The van der Waals surface area contributed by atoms with Crippen molar-refractivity contribution in [2.24, 2.45) is 5.11 Å². The summed E-state index contributed by atoms with van der Waals surface area (Å²) in [4.78, 5) is 2.97. The van der Waals surface area contributed by atoms with Crippen LogP contribution in [0.3, 0.4) is 0 Å². The first-order valence-corrected chi connectivity index (χ1v) is 15.6. The molecule has 1 fully saturated rings. The Morgan fingerprint density at radius 2 is 1.07 bits per heavy atom. The van der Waals surface area contributed by atoms with Crippen molar-refractivity contribution in [3.63, 3.8) is 0 Å². The number of nitrogens with zero attached hydrogens (tertiary/aromatic N) is 3. The SMILES string of the molecule is CO[C@H]1O[C@H]([C@@H](CCN=[N+]=[N-])OCc2ccccc2)[C@@H](OCc2ccccc2)[C@H](OCc2ccccc2)[C@H]1OCc1ccccc1. The van der Waals surface area contributed by atoms with Crippen molar-refractivity contribution in [2.45, 2.75) is 69.7 Å². The summed E-state index contributed by atoms with van der Waals surface area (Å²) in [5.41, 5.74) is 13.1. The van der Waals surface area contributed by atoms with Gasteiger partial charge in [0.25, 0.3) is 0 Å². The molecule has 4 aromatic carbocycles. The van der Waals surface area contributed by atoms with Gasteiger partial charge < -0.3 is 28.4 Å². The number of azide groups is 1. The second-order valence-corrected chi connectivity index (χ2v) is 11.1. The molecular weight excluding hydrogens is 582 g/mol. The van der Waals surface area contributed by atoms with Gasteiger partial charge in [0.1, 0.15) is 24.4 Å². The predicted octanol–water partition coefficient (Wildman–Crippen LogP) is 7.40. The Bertz CT molecular complexity index is 1460. The zero-order valence-electron chi connectivity index (χ0n) is 26.0. The summed E-state index contributed by atoms with van der Waals surface area (Å²) in [7, 11) is 1.60. The molecule has 5 rings (SSSR count). The minimum absolute atomic E-state index is 0.225. The van der Waals surface area contributed by atoms with Crippen LogP contribution in [0.2, 0.25) is 0 Å². The van der Waals surface area contributed by atoms with Crippen molar-refractivity contribution in [3.8, 4) is 0 Å². The highest BCUT2D eigenvalue weighted by atomic mass is 16.7. The normalized spacial score (nSPS) is 21.7. The second kappa shape index (κ2) is 18.2. The van der Waals surface area contributed by atoms with Gasteiger partial charge in [0, 0.05) is 18.6 Å². The Hall–Kier alpha value is -4.05. The van der Waals surface area contributed by atoms with Crippen molar-refractivity contribution in [3.05, 3.63) is 154 Å². The Morgan fingerprint density at radius 3 is 1.52 bits per heavy atom. The Kier molecular flexibility index (Phi) is 13.2. The molecule has 46 heavy (non-hydrogen) atoms. The smallest absolute Gasteiger partial charge is 0.186 e. The molecule has 0 amide bonds. The van der Waals surface area contributed by atoms with Gasteiger partial charge in [0.15, 0.2) is 6.29 Å². The summed E-state index contributed by atoms with van der Waals surface area (Å²) in [6.45, 7) is 1.55. The van der Waals surface area contributed by atoms with E-state index in [9.17, 15) is 0 Å². The molecule has 1 heterocycles. The Morgan fingerprint density at radius 1 is 0.630 bits per heavy atom. The van der Waals surface area contributed by atoms with E-state index in [4.69, 9.17) is 34.0 Å². The van der Waals surface area contributed by atoms with Crippen LogP contribution in [-0.2, 0) is 54.8 Å². The third-order valence-electron chi connectivity index (χ3n) is 7.87. The predicted molar refractivity (Wildman–Crippen MR) is 174 cm³/mol. The lowest BCUT2D eigenvalue weighted by Crippen LogP contribution is -2.63. The third kappa shape index (κ3) is 9.72. The van der Waals surface area contributed by atoms with E-state index in [2.05, 4.69) is 10.0 Å². The maximum absolute atomic E-state index is 9.05. The molecule has 0 spiro atoms. The fourth-order valence-corrected chi connectivity index (χ4v) is 5.53. The lowest BCUT2D eigenvalue weighted by Gasteiger charge is -2.47. The van der Waals surface area contributed by atoms with Gasteiger partial charge in [-0.25, -0.2) is 0 Å². The molecule has 0 radical (unpaired) electrons. The van der Waals surface area contributed by atoms with E-state index < -0.39 is 36.8 Å². The first-order valence-electron chi connectivity index (χ1n) is 15.6. The summed E-state index contributed by atoms with van der Waals surface area (Å²) >= 11 is 0. The van der Waals surface area contributed by atoms with Crippen molar-refractivity contribution < 1.29 is 28.4 Å². The molecule has 0 aromatic heterocycles. The quantitative estimate of drug-likeness (QED) is 0.0690. The minimum atomic E-state index is -0.784. The van der Waals surface area contributed by atoms with E-state index in [1.54, 1.807) is 7.11 Å². The minimum Gasteiger partial charge on any atom is -0.371 e. The molecule has 240 valence electrons. The lowest BCUT2D eigenvalue weighted by molar-refractivity contribution is -0.332. The molecule has 0 bridgehead atoms. The van der Waals surface area contributed by atoms with Crippen molar-refractivity contribution in [1.29, 1.82) is 0 Å². The van der Waals surface area contributed by atoms with Gasteiger partial charge in [0.2, 0.25) is 0 Å². The number of hydrogen-bond acceptors (Lipinski definition) is 7. The fourth-order valence-electron chi connectivity index (χ4n) is 5.53. The second-order valence-electron chi connectivity index (χ2n) is 11.1. The first kappa shape index (κ1) is 33.3. The van der Waals surface area contributed by atoms with Gasteiger partial charge in [0.05, 0.1) is 32.5 Å². The molecule has 1 aliphatic rings. The van der Waals surface area contributed by atoms with Crippen LogP contribution in [0.15, 0.2) is 126 Å². The summed E-state index contributed by atoms with van der Waals surface area (Å²) in [5.74, 6) is 0. The summed E-state index contributed by atoms with van der Waals surface area (Å²) in [6.07, 6.45) is -3.37. The van der Waals surface area contributed by atoms with Crippen LogP contribution in [0.25, 0.3) is 10.4 Å². The molecule has 1 saturated heterocycles. The van der Waals surface area contributed by atoms with Crippen LogP contribution in [0.4, 0.5) is 0 Å². The van der Waals surface area contributed by atoms with E-state index in [0.29, 0.717) is 32.8 Å². The molecule has 1 aliphatic heterocycles. The molecule has 0 unspecified atom stereocenters. The van der Waals surface area contributed by atoms with Crippen LogP contribution in [-0.4, -0.2) is 50.5 Å². The lowest BCUT2D eigenvalue weighted by atomic mass is 9.92. The van der Waals surface area contributed by atoms with E-state index in [0.717, 1.165) is 22.3 Å². The summed E-state index contributed by atoms with van der Waals surface area (Å²) < 4.78 is 39.2. The van der Waals surface area contributed by atoms with Crippen LogP contribution in [0, 0.1) is 0 Å². The molecule has 0 saturated carbocycles. The zero-order chi connectivity index (χ0) is 31.8. The van der Waals surface area contributed by atoms with Gasteiger partial charge in [-0.2, -0.15) is 0 Å². The standard InChI is InChI=1S/C37H41N3O6/c1-41-37-36(45-27-31-20-12-5-13-21-31)35(44-26-30-18-10-4-11-19-30)34(43-25-29-16-8-3-9-17-29)33(46-37)32(22-23-39-40-38)42-24-28-14-6-2-7-15-28/h2-21,32-37H,22-27H2,1H3/t32-,33-,34-,35+,36-,37+/m1/s1. The van der Waals surface area contributed by atoms with Gasteiger partial charge in [-0.3, -0.25) is 0 Å². The fraction of sp³-hybridized carbons (Fsp3) is 0.351. The highest BCUT2D eigenvalue weighted by molar-refractivity contribution is 5.16. The Labute approximate surface area is 270 Å². The van der Waals surface area contributed by atoms with Crippen LogP contribution in [0.5, 0.6) is 0 Å². The summed E-state index contributed by atoms with van der Waals surface area (Å²) in [6, 6.07) is 39.9. The maximum atomic E-state index is 9.05. The Balaban J connectivity index is 1.48. The van der Waals surface area contributed by atoms with Gasteiger partial charge in [-0.15, -0.1) is 0 Å². The van der Waals surface area contributed by atoms with Crippen molar-refractivity contribution in [1.82, 2.24) is 0 Å². The number of methoxy groups -OCH3 is 1.